The normalized spacial score (nSPS) is 20.9. The first-order valence-corrected chi connectivity index (χ1v) is 10.6. The van der Waals surface area contributed by atoms with E-state index < -0.39 is 5.92 Å². The van der Waals surface area contributed by atoms with Gasteiger partial charge in [0.1, 0.15) is 12.1 Å². The standard InChI is InChI=1S/C24H19ClN6O/c25-17-8-4-7-15(9-17)21-18(12-26)23(27)31(24-28-13-29-30-24)19-10-16(11-20(32)22(19)21)14-5-2-1-3-6-14/h1-9,13,16,21H,10-11,27H2,(H,28,29,30)/t16-,21-/m0/s1. The molecule has 2 aliphatic rings. The molecule has 0 spiro atoms. The van der Waals surface area contributed by atoms with Gasteiger partial charge in [-0.3, -0.25) is 9.69 Å². The molecular weight excluding hydrogens is 424 g/mol. The van der Waals surface area contributed by atoms with Crippen LogP contribution in [-0.4, -0.2) is 21.0 Å². The van der Waals surface area contributed by atoms with Crippen LogP contribution < -0.4 is 10.6 Å². The summed E-state index contributed by atoms with van der Waals surface area (Å²) in [7, 11) is 0. The maximum Gasteiger partial charge on any atom is 0.231 e. The fraction of sp³-hybridized carbons (Fsp3) is 0.167. The lowest BCUT2D eigenvalue weighted by Gasteiger charge is -2.40. The monoisotopic (exact) mass is 442 g/mol. The van der Waals surface area contributed by atoms with Gasteiger partial charge in [0, 0.05) is 22.7 Å². The minimum Gasteiger partial charge on any atom is -0.384 e. The Balaban J connectivity index is 1.72. The quantitative estimate of drug-likeness (QED) is 0.630. The van der Waals surface area contributed by atoms with Crippen LogP contribution in [0.15, 0.2) is 83.6 Å². The third kappa shape index (κ3) is 3.26. The number of anilines is 1. The van der Waals surface area contributed by atoms with Gasteiger partial charge in [0.15, 0.2) is 5.78 Å². The molecule has 7 nitrogen and oxygen atoms in total. The number of allylic oxidation sites excluding steroid dienone is 3. The smallest absolute Gasteiger partial charge is 0.231 e. The average molecular weight is 443 g/mol. The van der Waals surface area contributed by atoms with Crippen LogP contribution in [0.25, 0.3) is 0 Å². The predicted molar refractivity (Wildman–Crippen MR) is 120 cm³/mol. The molecule has 0 bridgehead atoms. The lowest BCUT2D eigenvalue weighted by atomic mass is 9.72. The molecule has 158 valence electrons. The van der Waals surface area contributed by atoms with E-state index in [9.17, 15) is 10.1 Å². The van der Waals surface area contributed by atoms with E-state index in [1.54, 1.807) is 17.0 Å². The van der Waals surface area contributed by atoms with Crippen LogP contribution in [0.5, 0.6) is 0 Å². The van der Waals surface area contributed by atoms with Crippen molar-refractivity contribution in [1.29, 1.82) is 5.26 Å². The van der Waals surface area contributed by atoms with E-state index in [1.165, 1.54) is 6.33 Å². The number of ketones is 1. The van der Waals surface area contributed by atoms with Crippen molar-refractivity contribution < 1.29 is 4.79 Å². The molecular formula is C24H19ClN6O. The Morgan fingerprint density at radius 1 is 1.12 bits per heavy atom. The summed E-state index contributed by atoms with van der Waals surface area (Å²) in [5.41, 5.74) is 9.96. The first kappa shape index (κ1) is 20.0. The molecule has 5 rings (SSSR count). The summed E-state index contributed by atoms with van der Waals surface area (Å²) in [6.07, 6.45) is 2.29. The molecule has 3 aromatic rings. The number of aromatic nitrogens is 3. The van der Waals surface area contributed by atoms with Crippen LogP contribution in [0.2, 0.25) is 5.02 Å². The van der Waals surface area contributed by atoms with Crippen molar-refractivity contribution in [1.82, 2.24) is 15.2 Å². The number of carbonyl (C=O) groups excluding carboxylic acids is 1. The fourth-order valence-electron chi connectivity index (χ4n) is 4.66. The van der Waals surface area contributed by atoms with E-state index in [4.69, 9.17) is 17.3 Å². The number of H-pyrrole nitrogens is 1. The van der Waals surface area contributed by atoms with Crippen LogP contribution in [0, 0.1) is 11.3 Å². The molecule has 0 unspecified atom stereocenters. The number of nitriles is 1. The lowest BCUT2D eigenvalue weighted by Crippen LogP contribution is -2.40. The van der Waals surface area contributed by atoms with E-state index in [0.29, 0.717) is 29.4 Å². The minimum atomic E-state index is -0.586. The Labute approximate surface area is 189 Å². The van der Waals surface area contributed by atoms with Gasteiger partial charge < -0.3 is 5.73 Å². The molecule has 3 N–H and O–H groups in total. The van der Waals surface area contributed by atoms with Crippen molar-refractivity contribution in [3.8, 4) is 6.07 Å². The Hall–Kier alpha value is -3.89. The molecule has 1 aliphatic heterocycles. The maximum atomic E-state index is 13.6. The second kappa shape index (κ2) is 7.98. The van der Waals surface area contributed by atoms with Crippen LogP contribution in [0.1, 0.15) is 35.8 Å². The molecule has 8 heteroatoms. The molecule has 32 heavy (non-hydrogen) atoms. The number of Topliss-reactive ketones (excluding diaryl/α,β-unsaturated/α-hetero) is 1. The first-order chi connectivity index (χ1) is 15.6. The highest BCUT2D eigenvalue weighted by molar-refractivity contribution is 6.30. The van der Waals surface area contributed by atoms with Gasteiger partial charge in [-0.2, -0.15) is 15.3 Å². The van der Waals surface area contributed by atoms with Crippen molar-refractivity contribution in [2.24, 2.45) is 5.73 Å². The highest BCUT2D eigenvalue weighted by Crippen LogP contribution is 2.48. The van der Waals surface area contributed by atoms with Gasteiger partial charge in [0.05, 0.1) is 17.6 Å². The number of nitrogens with two attached hydrogens (primary N) is 1. The largest absolute Gasteiger partial charge is 0.384 e. The zero-order valence-electron chi connectivity index (χ0n) is 17.0. The van der Waals surface area contributed by atoms with Gasteiger partial charge in [0.25, 0.3) is 0 Å². The molecule has 0 saturated carbocycles. The summed E-state index contributed by atoms with van der Waals surface area (Å²) < 4.78 is 0. The van der Waals surface area contributed by atoms with Crippen molar-refractivity contribution in [3.63, 3.8) is 0 Å². The summed E-state index contributed by atoms with van der Waals surface area (Å²) in [6.45, 7) is 0. The number of carbonyl (C=O) groups is 1. The van der Waals surface area contributed by atoms with E-state index in [1.807, 2.05) is 42.5 Å². The molecule has 0 amide bonds. The van der Waals surface area contributed by atoms with Gasteiger partial charge in [-0.15, -0.1) is 0 Å². The molecule has 0 fully saturated rings. The number of aromatic amines is 1. The van der Waals surface area contributed by atoms with E-state index in [2.05, 4.69) is 21.3 Å². The van der Waals surface area contributed by atoms with Crippen LogP contribution in [0.3, 0.4) is 0 Å². The van der Waals surface area contributed by atoms with E-state index in [-0.39, 0.29) is 23.1 Å². The number of hydrogen-bond acceptors (Lipinski definition) is 6. The second-order valence-corrected chi connectivity index (χ2v) is 8.28. The van der Waals surface area contributed by atoms with Gasteiger partial charge >= 0.3 is 0 Å². The summed E-state index contributed by atoms with van der Waals surface area (Å²) in [5, 5.41) is 17.4. The van der Waals surface area contributed by atoms with Crippen molar-refractivity contribution in [2.75, 3.05) is 4.90 Å². The first-order valence-electron chi connectivity index (χ1n) is 10.2. The molecule has 2 aromatic carbocycles. The lowest BCUT2D eigenvalue weighted by molar-refractivity contribution is -0.116. The second-order valence-electron chi connectivity index (χ2n) is 7.84. The topological polar surface area (TPSA) is 112 Å². The predicted octanol–water partition coefficient (Wildman–Crippen LogP) is 4.16. The van der Waals surface area contributed by atoms with E-state index in [0.717, 1.165) is 16.8 Å². The van der Waals surface area contributed by atoms with Crippen molar-refractivity contribution >= 4 is 23.3 Å². The number of rotatable bonds is 3. The summed E-state index contributed by atoms with van der Waals surface area (Å²) in [5.74, 6) is -0.0143. The number of benzene rings is 2. The Kier molecular flexibility index (Phi) is 5.00. The highest BCUT2D eigenvalue weighted by atomic mass is 35.5. The molecule has 0 saturated heterocycles. The summed E-state index contributed by atoms with van der Waals surface area (Å²) >= 11 is 6.25. The summed E-state index contributed by atoms with van der Waals surface area (Å²) in [6, 6.07) is 19.4. The van der Waals surface area contributed by atoms with Crippen LogP contribution in [0.4, 0.5) is 5.95 Å². The number of nitrogens with one attached hydrogen (secondary N) is 1. The summed E-state index contributed by atoms with van der Waals surface area (Å²) in [4.78, 5) is 19.5. The molecule has 1 aromatic heterocycles. The third-order valence-corrected chi connectivity index (χ3v) is 6.27. The Morgan fingerprint density at radius 2 is 1.91 bits per heavy atom. The molecule has 0 radical (unpaired) electrons. The fourth-order valence-corrected chi connectivity index (χ4v) is 4.86. The SMILES string of the molecule is N#CC1=C(N)N(c2ncn[nH]2)C2=C(C(=O)C[C@@H](c3ccccc3)C2)[C@H]1c1cccc(Cl)c1. The third-order valence-electron chi connectivity index (χ3n) is 6.03. The number of halogens is 1. The average Bonchev–Trinajstić information content (AvgIpc) is 3.33. The van der Waals surface area contributed by atoms with Gasteiger partial charge in [-0.1, -0.05) is 54.1 Å². The molecule has 2 heterocycles. The van der Waals surface area contributed by atoms with Gasteiger partial charge in [-0.05, 0) is 35.6 Å². The Morgan fingerprint density at radius 3 is 2.59 bits per heavy atom. The maximum absolute atomic E-state index is 13.6. The molecule has 1 aliphatic carbocycles. The van der Waals surface area contributed by atoms with E-state index >= 15 is 0 Å². The number of nitrogens with zero attached hydrogens (tertiary/aromatic N) is 4. The van der Waals surface area contributed by atoms with Gasteiger partial charge in [-0.25, -0.2) is 5.10 Å². The molecule has 2 atom stereocenters. The van der Waals surface area contributed by atoms with Crippen LogP contribution in [-0.2, 0) is 4.79 Å². The van der Waals surface area contributed by atoms with Crippen molar-refractivity contribution in [3.05, 3.63) is 99.7 Å². The van der Waals surface area contributed by atoms with Crippen molar-refractivity contribution in [2.45, 2.75) is 24.7 Å². The Bertz CT molecular complexity index is 1290. The minimum absolute atomic E-state index is 0.00989. The zero-order chi connectivity index (χ0) is 22.2. The highest BCUT2D eigenvalue weighted by Gasteiger charge is 2.43. The van der Waals surface area contributed by atoms with Gasteiger partial charge in [0.2, 0.25) is 5.95 Å². The zero-order valence-corrected chi connectivity index (χ0v) is 17.8. The van der Waals surface area contributed by atoms with Crippen LogP contribution >= 0.6 is 11.6 Å². The number of hydrogen-bond donors (Lipinski definition) is 2.